The Kier molecular flexibility index (Phi) is 7.90. The van der Waals surface area contributed by atoms with Crippen molar-refractivity contribution in [2.24, 2.45) is 11.3 Å². The quantitative estimate of drug-likeness (QED) is 0.487. The number of hydrogen-bond donors (Lipinski definition) is 0. The highest BCUT2D eigenvalue weighted by Crippen LogP contribution is 2.29. The number of ether oxygens (including phenoxy) is 1. The van der Waals surface area contributed by atoms with Crippen molar-refractivity contribution in [2.75, 3.05) is 13.2 Å². The van der Waals surface area contributed by atoms with Gasteiger partial charge in [0.05, 0.1) is 0 Å². The molecule has 0 saturated heterocycles. The molecule has 0 aromatic heterocycles. The smallest absolute Gasteiger partial charge is 0.0468 e. The van der Waals surface area contributed by atoms with Crippen LogP contribution in [0.2, 0.25) is 0 Å². The lowest BCUT2D eigenvalue weighted by atomic mass is 9.90. The summed E-state index contributed by atoms with van der Waals surface area (Å²) in [6, 6.07) is 0. The van der Waals surface area contributed by atoms with Gasteiger partial charge in [0.1, 0.15) is 0 Å². The number of halogens is 1. The van der Waals surface area contributed by atoms with Gasteiger partial charge in [0.25, 0.3) is 0 Å². The molecule has 0 spiro atoms. The van der Waals surface area contributed by atoms with Gasteiger partial charge in [-0.1, -0.05) is 50.5 Å². The zero-order valence-electron chi connectivity index (χ0n) is 11.0. The minimum Gasteiger partial charge on any atom is -0.381 e. The molecule has 0 saturated carbocycles. The molecule has 0 rings (SSSR count). The van der Waals surface area contributed by atoms with E-state index in [2.05, 4.69) is 50.5 Å². The predicted molar refractivity (Wildman–Crippen MR) is 71.7 cm³/mol. The van der Waals surface area contributed by atoms with Crippen molar-refractivity contribution in [1.82, 2.24) is 0 Å². The average molecular weight is 279 g/mol. The first-order valence-electron chi connectivity index (χ1n) is 6.06. The third kappa shape index (κ3) is 9.37. The van der Waals surface area contributed by atoms with Crippen molar-refractivity contribution in [3.63, 3.8) is 0 Å². The lowest BCUT2D eigenvalue weighted by Gasteiger charge is -2.25. The number of rotatable bonds is 7. The fourth-order valence-electron chi connectivity index (χ4n) is 1.22. The highest BCUT2D eigenvalue weighted by molar-refractivity contribution is 9.09. The molecule has 0 aromatic rings. The molecule has 0 aliphatic rings. The minimum absolute atomic E-state index is 0.359. The van der Waals surface area contributed by atoms with Gasteiger partial charge >= 0.3 is 0 Å². The molecule has 0 heterocycles. The van der Waals surface area contributed by atoms with E-state index in [1.165, 1.54) is 12.8 Å². The van der Waals surface area contributed by atoms with Crippen LogP contribution >= 0.6 is 15.9 Å². The van der Waals surface area contributed by atoms with Crippen LogP contribution in [-0.4, -0.2) is 18.0 Å². The maximum Gasteiger partial charge on any atom is 0.0468 e. The summed E-state index contributed by atoms with van der Waals surface area (Å²) in [5.41, 5.74) is 0.359. The molecule has 0 fully saturated rings. The van der Waals surface area contributed by atoms with Crippen LogP contribution in [0.5, 0.6) is 0 Å². The molecular weight excluding hydrogens is 252 g/mol. The second kappa shape index (κ2) is 7.67. The first kappa shape index (κ1) is 15.4. The van der Waals surface area contributed by atoms with Crippen molar-refractivity contribution in [3.8, 4) is 0 Å². The lowest BCUT2D eigenvalue weighted by Crippen LogP contribution is -2.20. The Morgan fingerprint density at radius 2 is 1.67 bits per heavy atom. The standard InChI is InChI=1S/C13H27BrO/c1-11(2)8-10-15-9-6-7-12(14)13(3,4)5/h11-12H,6-10H2,1-5H3. The summed E-state index contributed by atoms with van der Waals surface area (Å²) in [5.74, 6) is 0.753. The van der Waals surface area contributed by atoms with Crippen LogP contribution in [0, 0.1) is 11.3 Å². The van der Waals surface area contributed by atoms with Crippen LogP contribution in [0.4, 0.5) is 0 Å². The van der Waals surface area contributed by atoms with Crippen LogP contribution in [0.1, 0.15) is 53.9 Å². The second-order valence-electron chi connectivity index (χ2n) is 5.77. The molecule has 92 valence electrons. The van der Waals surface area contributed by atoms with Gasteiger partial charge in [-0.15, -0.1) is 0 Å². The maximum atomic E-state index is 5.59. The summed E-state index contributed by atoms with van der Waals surface area (Å²) in [4.78, 5) is 0.596. The van der Waals surface area contributed by atoms with Crippen molar-refractivity contribution in [1.29, 1.82) is 0 Å². The first-order valence-corrected chi connectivity index (χ1v) is 6.97. The SMILES string of the molecule is CC(C)CCOCCCC(Br)C(C)(C)C. The Labute approximate surface area is 104 Å². The van der Waals surface area contributed by atoms with Gasteiger partial charge in [0.15, 0.2) is 0 Å². The fraction of sp³-hybridized carbons (Fsp3) is 1.00. The molecule has 0 amide bonds. The van der Waals surface area contributed by atoms with Crippen molar-refractivity contribution < 1.29 is 4.74 Å². The van der Waals surface area contributed by atoms with E-state index in [1.54, 1.807) is 0 Å². The normalized spacial score (nSPS) is 14.6. The summed E-state index contributed by atoms with van der Waals surface area (Å²) in [6.07, 6.45) is 3.54. The molecule has 15 heavy (non-hydrogen) atoms. The van der Waals surface area contributed by atoms with E-state index in [0.717, 1.165) is 25.6 Å². The Morgan fingerprint density at radius 3 is 2.13 bits per heavy atom. The van der Waals surface area contributed by atoms with E-state index in [0.29, 0.717) is 10.2 Å². The number of alkyl halides is 1. The summed E-state index contributed by atoms with van der Waals surface area (Å²) in [7, 11) is 0. The van der Waals surface area contributed by atoms with Gasteiger partial charge in [0.2, 0.25) is 0 Å². The molecule has 1 unspecified atom stereocenters. The highest BCUT2D eigenvalue weighted by Gasteiger charge is 2.20. The van der Waals surface area contributed by atoms with Crippen molar-refractivity contribution >= 4 is 15.9 Å². The first-order chi connectivity index (χ1) is 6.84. The Balaban J connectivity index is 3.32. The van der Waals surface area contributed by atoms with E-state index in [4.69, 9.17) is 4.74 Å². The van der Waals surface area contributed by atoms with Crippen LogP contribution in [0.25, 0.3) is 0 Å². The van der Waals surface area contributed by atoms with Gasteiger partial charge < -0.3 is 4.74 Å². The summed E-state index contributed by atoms with van der Waals surface area (Å²) >= 11 is 3.74. The Morgan fingerprint density at radius 1 is 1.07 bits per heavy atom. The third-order valence-electron chi connectivity index (χ3n) is 2.53. The lowest BCUT2D eigenvalue weighted by molar-refractivity contribution is 0.118. The molecular formula is C13H27BrO. The highest BCUT2D eigenvalue weighted by atomic mass is 79.9. The topological polar surface area (TPSA) is 9.23 Å². The molecule has 1 atom stereocenters. The van der Waals surface area contributed by atoms with E-state index in [-0.39, 0.29) is 0 Å². The van der Waals surface area contributed by atoms with Crippen LogP contribution in [-0.2, 0) is 4.74 Å². The molecule has 0 radical (unpaired) electrons. The molecule has 0 aromatic carbocycles. The molecule has 0 N–H and O–H groups in total. The maximum absolute atomic E-state index is 5.59. The molecule has 1 nitrogen and oxygen atoms in total. The largest absolute Gasteiger partial charge is 0.381 e. The second-order valence-corrected chi connectivity index (χ2v) is 6.88. The van der Waals surface area contributed by atoms with Crippen molar-refractivity contribution in [3.05, 3.63) is 0 Å². The van der Waals surface area contributed by atoms with E-state index >= 15 is 0 Å². The molecule has 0 aliphatic carbocycles. The van der Waals surface area contributed by atoms with Crippen LogP contribution in [0.15, 0.2) is 0 Å². The zero-order valence-corrected chi connectivity index (χ0v) is 12.6. The van der Waals surface area contributed by atoms with Crippen LogP contribution in [0.3, 0.4) is 0 Å². The predicted octanol–water partition coefficient (Wildman–Crippen LogP) is 4.64. The van der Waals surface area contributed by atoms with Gasteiger partial charge in [-0.2, -0.15) is 0 Å². The van der Waals surface area contributed by atoms with Crippen LogP contribution < -0.4 is 0 Å². The van der Waals surface area contributed by atoms with Gasteiger partial charge in [0, 0.05) is 18.0 Å². The van der Waals surface area contributed by atoms with E-state index in [9.17, 15) is 0 Å². The number of hydrogen-bond acceptors (Lipinski definition) is 1. The summed E-state index contributed by atoms with van der Waals surface area (Å²) in [6.45, 7) is 13.1. The minimum atomic E-state index is 0.359. The summed E-state index contributed by atoms with van der Waals surface area (Å²) < 4.78 is 5.59. The average Bonchev–Trinajstić information content (AvgIpc) is 2.08. The van der Waals surface area contributed by atoms with E-state index in [1.807, 2.05) is 0 Å². The summed E-state index contributed by atoms with van der Waals surface area (Å²) in [5, 5.41) is 0. The molecule has 0 bridgehead atoms. The van der Waals surface area contributed by atoms with Gasteiger partial charge in [-0.05, 0) is 30.6 Å². The van der Waals surface area contributed by atoms with Gasteiger partial charge in [-0.3, -0.25) is 0 Å². The van der Waals surface area contributed by atoms with E-state index < -0.39 is 0 Å². The molecule has 0 aliphatic heterocycles. The fourth-order valence-corrected chi connectivity index (χ4v) is 1.54. The van der Waals surface area contributed by atoms with Crippen molar-refractivity contribution in [2.45, 2.75) is 58.7 Å². The Hall–Kier alpha value is 0.440. The Bertz CT molecular complexity index is 149. The third-order valence-corrected chi connectivity index (χ3v) is 4.36. The molecule has 2 heteroatoms. The zero-order chi connectivity index (χ0) is 11.9. The monoisotopic (exact) mass is 278 g/mol. The van der Waals surface area contributed by atoms with Gasteiger partial charge in [-0.25, -0.2) is 0 Å².